The van der Waals surface area contributed by atoms with E-state index in [9.17, 15) is 0 Å². The van der Waals surface area contributed by atoms with Crippen molar-refractivity contribution in [2.24, 2.45) is 11.7 Å². The zero-order valence-electron chi connectivity index (χ0n) is 11.0. The first kappa shape index (κ1) is 13.3. The van der Waals surface area contributed by atoms with Crippen LogP contribution in [-0.4, -0.2) is 13.2 Å². The maximum Gasteiger partial charge on any atom is 0.162 e. The standard InChI is InChI=1S/C15H20BrNO2/c16-12-9-15-14(18-5-2-6-19-15)8-11(12)13(17)7-10-3-1-4-10/h8-10,13H,1-7,17H2. The molecule has 104 valence electrons. The van der Waals surface area contributed by atoms with Crippen LogP contribution in [0.1, 0.15) is 43.7 Å². The highest BCUT2D eigenvalue weighted by Gasteiger charge is 2.23. The Morgan fingerprint density at radius 1 is 1.16 bits per heavy atom. The molecule has 1 fully saturated rings. The first-order valence-corrected chi connectivity index (χ1v) is 7.88. The molecular weight excluding hydrogens is 306 g/mol. The normalized spacial score (nSPS) is 20.5. The van der Waals surface area contributed by atoms with Crippen molar-refractivity contribution in [3.63, 3.8) is 0 Å². The molecule has 0 aromatic heterocycles. The fraction of sp³-hybridized carbons (Fsp3) is 0.600. The van der Waals surface area contributed by atoms with Gasteiger partial charge in [-0.05, 0) is 30.0 Å². The maximum atomic E-state index is 6.35. The van der Waals surface area contributed by atoms with Gasteiger partial charge in [-0.1, -0.05) is 35.2 Å². The van der Waals surface area contributed by atoms with Crippen molar-refractivity contribution in [3.05, 3.63) is 22.2 Å². The summed E-state index contributed by atoms with van der Waals surface area (Å²) in [5, 5.41) is 0. The second kappa shape index (κ2) is 5.71. The van der Waals surface area contributed by atoms with Gasteiger partial charge in [-0.3, -0.25) is 0 Å². The highest BCUT2D eigenvalue weighted by atomic mass is 79.9. The molecule has 0 amide bonds. The fourth-order valence-corrected chi connectivity index (χ4v) is 3.31. The Kier molecular flexibility index (Phi) is 3.99. The van der Waals surface area contributed by atoms with E-state index in [2.05, 4.69) is 15.9 Å². The van der Waals surface area contributed by atoms with Gasteiger partial charge in [0.1, 0.15) is 0 Å². The molecule has 1 aliphatic heterocycles. The molecule has 0 radical (unpaired) electrons. The Bertz CT molecular complexity index is 460. The molecule has 1 saturated carbocycles. The lowest BCUT2D eigenvalue weighted by atomic mass is 9.80. The molecule has 1 unspecified atom stereocenters. The van der Waals surface area contributed by atoms with Crippen molar-refractivity contribution in [3.8, 4) is 11.5 Å². The highest BCUT2D eigenvalue weighted by Crippen LogP contribution is 2.40. The van der Waals surface area contributed by atoms with E-state index in [1.54, 1.807) is 0 Å². The maximum absolute atomic E-state index is 6.35. The zero-order chi connectivity index (χ0) is 13.2. The van der Waals surface area contributed by atoms with Gasteiger partial charge in [0.05, 0.1) is 13.2 Å². The average molecular weight is 326 g/mol. The van der Waals surface area contributed by atoms with E-state index in [1.165, 1.54) is 19.3 Å². The van der Waals surface area contributed by atoms with Crippen LogP contribution in [-0.2, 0) is 0 Å². The third kappa shape index (κ3) is 2.90. The average Bonchev–Trinajstić information content (AvgIpc) is 2.57. The minimum atomic E-state index is 0.0804. The Hall–Kier alpha value is -0.740. The predicted octanol–water partition coefficient (Wildman–Crippen LogP) is 3.80. The lowest BCUT2D eigenvalue weighted by molar-refractivity contribution is 0.276. The van der Waals surface area contributed by atoms with Gasteiger partial charge in [0.2, 0.25) is 0 Å². The number of hydrogen-bond donors (Lipinski definition) is 1. The van der Waals surface area contributed by atoms with Gasteiger partial charge in [-0.25, -0.2) is 0 Å². The Morgan fingerprint density at radius 3 is 2.47 bits per heavy atom. The van der Waals surface area contributed by atoms with Crippen LogP contribution in [0.15, 0.2) is 16.6 Å². The van der Waals surface area contributed by atoms with Gasteiger partial charge in [0, 0.05) is 16.9 Å². The van der Waals surface area contributed by atoms with Gasteiger partial charge >= 0.3 is 0 Å². The minimum absolute atomic E-state index is 0.0804. The van der Waals surface area contributed by atoms with Crippen LogP contribution in [0.3, 0.4) is 0 Å². The summed E-state index contributed by atoms with van der Waals surface area (Å²) in [5.41, 5.74) is 7.49. The number of fused-ring (bicyclic) bond motifs is 1. The van der Waals surface area contributed by atoms with Crippen molar-refractivity contribution in [2.45, 2.75) is 38.1 Å². The topological polar surface area (TPSA) is 44.5 Å². The van der Waals surface area contributed by atoms with Gasteiger partial charge < -0.3 is 15.2 Å². The van der Waals surface area contributed by atoms with Crippen LogP contribution in [0.4, 0.5) is 0 Å². The largest absolute Gasteiger partial charge is 0.490 e. The molecule has 1 heterocycles. The van der Waals surface area contributed by atoms with Gasteiger partial charge in [-0.15, -0.1) is 0 Å². The van der Waals surface area contributed by atoms with Crippen molar-refractivity contribution >= 4 is 15.9 Å². The molecule has 4 heteroatoms. The molecule has 19 heavy (non-hydrogen) atoms. The van der Waals surface area contributed by atoms with Crippen LogP contribution >= 0.6 is 15.9 Å². The number of benzene rings is 1. The molecule has 1 aliphatic carbocycles. The number of nitrogens with two attached hydrogens (primary N) is 1. The van der Waals surface area contributed by atoms with Crippen LogP contribution in [0, 0.1) is 5.92 Å². The summed E-state index contributed by atoms with van der Waals surface area (Å²) in [7, 11) is 0. The second-order valence-corrected chi connectivity index (χ2v) is 6.36. The molecule has 0 spiro atoms. The van der Waals surface area contributed by atoms with Crippen molar-refractivity contribution in [1.29, 1.82) is 0 Å². The van der Waals surface area contributed by atoms with Crippen LogP contribution in [0.5, 0.6) is 11.5 Å². The molecule has 3 rings (SSSR count). The predicted molar refractivity (Wildman–Crippen MR) is 78.6 cm³/mol. The van der Waals surface area contributed by atoms with E-state index in [-0.39, 0.29) is 6.04 Å². The molecule has 2 N–H and O–H groups in total. The lowest BCUT2D eigenvalue weighted by Crippen LogP contribution is -2.20. The molecular formula is C15H20BrNO2. The number of hydrogen-bond acceptors (Lipinski definition) is 3. The minimum Gasteiger partial charge on any atom is -0.490 e. The molecule has 0 saturated heterocycles. The molecule has 1 atom stereocenters. The Balaban J connectivity index is 1.81. The number of rotatable bonds is 3. The molecule has 3 nitrogen and oxygen atoms in total. The van der Waals surface area contributed by atoms with Crippen LogP contribution in [0.2, 0.25) is 0 Å². The van der Waals surface area contributed by atoms with Gasteiger partial charge in [0.15, 0.2) is 11.5 Å². The van der Waals surface area contributed by atoms with Crippen molar-refractivity contribution in [1.82, 2.24) is 0 Å². The van der Waals surface area contributed by atoms with Crippen LogP contribution in [0.25, 0.3) is 0 Å². The summed E-state index contributed by atoms with van der Waals surface area (Å²) < 4.78 is 12.5. The third-order valence-corrected chi connectivity index (χ3v) is 4.77. The molecule has 1 aromatic rings. The summed E-state index contributed by atoms with van der Waals surface area (Å²) in [6.07, 6.45) is 6.01. The second-order valence-electron chi connectivity index (χ2n) is 5.51. The Labute approximate surface area is 122 Å². The first-order chi connectivity index (χ1) is 9.24. The van der Waals surface area contributed by atoms with E-state index >= 15 is 0 Å². The third-order valence-electron chi connectivity index (χ3n) is 4.08. The summed E-state index contributed by atoms with van der Waals surface area (Å²) in [4.78, 5) is 0. The van der Waals surface area contributed by atoms with Gasteiger partial charge in [-0.2, -0.15) is 0 Å². The van der Waals surface area contributed by atoms with E-state index in [4.69, 9.17) is 15.2 Å². The van der Waals surface area contributed by atoms with E-state index in [0.717, 1.165) is 40.3 Å². The lowest BCUT2D eigenvalue weighted by Gasteiger charge is -2.28. The first-order valence-electron chi connectivity index (χ1n) is 7.08. The quantitative estimate of drug-likeness (QED) is 0.919. The molecule has 0 bridgehead atoms. The van der Waals surface area contributed by atoms with E-state index in [1.807, 2.05) is 12.1 Å². The summed E-state index contributed by atoms with van der Waals surface area (Å²) >= 11 is 3.62. The fourth-order valence-electron chi connectivity index (χ4n) is 2.70. The highest BCUT2D eigenvalue weighted by molar-refractivity contribution is 9.10. The van der Waals surface area contributed by atoms with E-state index in [0.29, 0.717) is 13.2 Å². The van der Waals surface area contributed by atoms with Crippen molar-refractivity contribution in [2.75, 3.05) is 13.2 Å². The number of ether oxygens (including phenoxy) is 2. The SMILES string of the molecule is NC(CC1CCC1)c1cc2c(cc1Br)OCCCO2. The monoisotopic (exact) mass is 325 g/mol. The summed E-state index contributed by atoms with van der Waals surface area (Å²) in [5.74, 6) is 2.46. The Morgan fingerprint density at radius 2 is 1.84 bits per heavy atom. The summed E-state index contributed by atoms with van der Waals surface area (Å²) in [6.45, 7) is 1.43. The zero-order valence-corrected chi connectivity index (χ0v) is 12.6. The molecule has 1 aromatic carbocycles. The smallest absolute Gasteiger partial charge is 0.162 e. The van der Waals surface area contributed by atoms with E-state index < -0.39 is 0 Å². The number of halogens is 1. The van der Waals surface area contributed by atoms with Gasteiger partial charge in [0.25, 0.3) is 0 Å². The van der Waals surface area contributed by atoms with Crippen LogP contribution < -0.4 is 15.2 Å². The summed E-state index contributed by atoms with van der Waals surface area (Å²) in [6, 6.07) is 4.13. The molecule has 2 aliphatic rings. The van der Waals surface area contributed by atoms with Crippen molar-refractivity contribution < 1.29 is 9.47 Å².